The first-order valence-corrected chi connectivity index (χ1v) is 15.9. The molecule has 4 amide bonds. The van der Waals surface area contributed by atoms with E-state index in [0.717, 1.165) is 35.1 Å². The number of nitrogens with one attached hydrogen (secondary N) is 2. The molecule has 9 nitrogen and oxygen atoms in total. The molecule has 0 radical (unpaired) electrons. The maximum atomic E-state index is 13.8. The molecule has 3 atom stereocenters. The standard InChI is InChI=1S/C35H40ClN5O4/c1-23-20-27(13-14-28(23)36)38-34(44)29(17-18-37)39-35(45)31-21-25-10-5-6-11-26(25)22-41(31)33(43)16-15-32(42)40-19-7-12-30(40)24-8-3-2-4-9-24/h2-6,8-11,13-14,20,29-31H,7,12,15-19,21-22,37H2,1H3,(H,38,44)(H,39,45)/t29-,30+,31-/m0/s1. The number of likely N-dealkylation sites (tertiary alicyclic amines) is 1. The summed E-state index contributed by atoms with van der Waals surface area (Å²) in [5, 5.41) is 6.28. The highest BCUT2D eigenvalue weighted by molar-refractivity contribution is 6.31. The van der Waals surface area contributed by atoms with Crippen molar-refractivity contribution in [2.24, 2.45) is 5.73 Å². The summed E-state index contributed by atoms with van der Waals surface area (Å²) in [5.41, 5.74) is 10.2. The van der Waals surface area contributed by atoms with Crippen molar-refractivity contribution in [3.8, 4) is 0 Å². The molecule has 5 rings (SSSR count). The van der Waals surface area contributed by atoms with E-state index in [-0.39, 0.29) is 50.2 Å². The molecule has 0 bridgehead atoms. The van der Waals surface area contributed by atoms with Gasteiger partial charge in [0.2, 0.25) is 23.6 Å². The van der Waals surface area contributed by atoms with Gasteiger partial charge in [-0.05, 0) is 73.2 Å². The van der Waals surface area contributed by atoms with E-state index in [1.165, 1.54) is 0 Å². The number of benzene rings is 3. The van der Waals surface area contributed by atoms with Crippen LogP contribution in [0.1, 0.15) is 60.4 Å². The number of aryl methyl sites for hydroxylation is 1. The quantitative estimate of drug-likeness (QED) is 0.304. The van der Waals surface area contributed by atoms with Crippen molar-refractivity contribution in [1.82, 2.24) is 15.1 Å². The SMILES string of the molecule is Cc1cc(NC(=O)[C@H](CCN)NC(=O)[C@@H]2Cc3ccccc3CN2C(=O)CCC(=O)N2CCC[C@@H]2c2ccccc2)ccc1Cl. The van der Waals surface area contributed by atoms with Gasteiger partial charge in [0, 0.05) is 43.1 Å². The number of anilines is 1. The maximum absolute atomic E-state index is 13.8. The summed E-state index contributed by atoms with van der Waals surface area (Å²) >= 11 is 6.12. The van der Waals surface area contributed by atoms with Crippen molar-refractivity contribution < 1.29 is 19.2 Å². The highest BCUT2D eigenvalue weighted by Gasteiger charge is 2.37. The second-order valence-corrected chi connectivity index (χ2v) is 12.2. The van der Waals surface area contributed by atoms with E-state index in [4.69, 9.17) is 17.3 Å². The van der Waals surface area contributed by atoms with Gasteiger partial charge >= 0.3 is 0 Å². The van der Waals surface area contributed by atoms with Crippen LogP contribution in [-0.4, -0.2) is 58.6 Å². The van der Waals surface area contributed by atoms with Crippen molar-refractivity contribution in [3.63, 3.8) is 0 Å². The van der Waals surface area contributed by atoms with Crippen LogP contribution in [0.15, 0.2) is 72.8 Å². The van der Waals surface area contributed by atoms with Gasteiger partial charge < -0.3 is 26.2 Å². The largest absolute Gasteiger partial charge is 0.342 e. The van der Waals surface area contributed by atoms with Crippen LogP contribution in [0.4, 0.5) is 5.69 Å². The lowest BCUT2D eigenvalue weighted by atomic mass is 9.92. The Bertz CT molecular complexity index is 1550. The zero-order valence-corrected chi connectivity index (χ0v) is 26.3. The molecule has 2 aliphatic rings. The number of nitrogens with two attached hydrogens (primary N) is 1. The van der Waals surface area contributed by atoms with E-state index in [1.54, 1.807) is 23.1 Å². The van der Waals surface area contributed by atoms with Crippen molar-refractivity contribution in [1.29, 1.82) is 0 Å². The van der Waals surface area contributed by atoms with Gasteiger partial charge in [-0.1, -0.05) is 66.2 Å². The summed E-state index contributed by atoms with van der Waals surface area (Å²) in [6.07, 6.45) is 2.38. The second-order valence-electron chi connectivity index (χ2n) is 11.8. The van der Waals surface area contributed by atoms with E-state index in [2.05, 4.69) is 10.6 Å². The van der Waals surface area contributed by atoms with Crippen LogP contribution < -0.4 is 16.4 Å². The fourth-order valence-electron chi connectivity index (χ4n) is 6.26. The van der Waals surface area contributed by atoms with Gasteiger partial charge in [0.05, 0.1) is 6.04 Å². The average Bonchev–Trinajstić information content (AvgIpc) is 3.55. The van der Waals surface area contributed by atoms with Crippen LogP contribution >= 0.6 is 11.6 Å². The first-order chi connectivity index (χ1) is 21.7. The molecule has 0 aromatic heterocycles. The van der Waals surface area contributed by atoms with Crippen LogP contribution in [0, 0.1) is 6.92 Å². The molecule has 236 valence electrons. The normalized spacial score (nSPS) is 18.2. The number of halogens is 1. The lowest BCUT2D eigenvalue weighted by Gasteiger charge is -2.37. The van der Waals surface area contributed by atoms with Crippen molar-refractivity contribution in [3.05, 3.63) is 100 Å². The molecule has 3 aromatic rings. The first-order valence-electron chi connectivity index (χ1n) is 15.5. The third kappa shape index (κ3) is 7.72. The Balaban J connectivity index is 1.27. The van der Waals surface area contributed by atoms with Crippen molar-refractivity contribution in [2.45, 2.75) is 70.1 Å². The molecule has 0 aliphatic carbocycles. The second kappa shape index (κ2) is 14.7. The smallest absolute Gasteiger partial charge is 0.246 e. The third-order valence-corrected chi connectivity index (χ3v) is 9.12. The molecule has 3 aromatic carbocycles. The van der Waals surface area contributed by atoms with E-state index >= 15 is 0 Å². The monoisotopic (exact) mass is 629 g/mol. The van der Waals surface area contributed by atoms with Crippen LogP contribution in [0.3, 0.4) is 0 Å². The number of nitrogens with zero attached hydrogens (tertiary/aromatic N) is 2. The van der Waals surface area contributed by atoms with Crippen LogP contribution in [0.5, 0.6) is 0 Å². The summed E-state index contributed by atoms with van der Waals surface area (Å²) in [4.78, 5) is 57.5. The highest BCUT2D eigenvalue weighted by Crippen LogP contribution is 2.33. The lowest BCUT2D eigenvalue weighted by Crippen LogP contribution is -2.56. The molecular formula is C35H40ClN5O4. The van der Waals surface area contributed by atoms with Gasteiger partial charge in [0.15, 0.2) is 0 Å². The Morgan fingerprint density at radius 2 is 1.62 bits per heavy atom. The van der Waals surface area contributed by atoms with Gasteiger partial charge in [-0.25, -0.2) is 0 Å². The Morgan fingerprint density at radius 3 is 2.33 bits per heavy atom. The number of fused-ring (bicyclic) bond motifs is 1. The number of carbonyl (C=O) groups is 4. The minimum Gasteiger partial charge on any atom is -0.342 e. The number of hydrogen-bond acceptors (Lipinski definition) is 5. The Hall–Kier alpha value is -4.21. The molecule has 0 spiro atoms. The molecular weight excluding hydrogens is 590 g/mol. The number of amides is 4. The molecule has 1 fully saturated rings. The Kier molecular flexibility index (Phi) is 10.5. The topological polar surface area (TPSA) is 125 Å². The van der Waals surface area contributed by atoms with Gasteiger partial charge in [-0.2, -0.15) is 0 Å². The molecule has 1 saturated heterocycles. The molecule has 10 heteroatoms. The average molecular weight is 630 g/mol. The molecule has 0 saturated carbocycles. The van der Waals surface area contributed by atoms with E-state index in [1.807, 2.05) is 66.4 Å². The summed E-state index contributed by atoms with van der Waals surface area (Å²) in [6, 6.07) is 21.1. The molecule has 2 aliphatic heterocycles. The first kappa shape index (κ1) is 32.2. The zero-order valence-electron chi connectivity index (χ0n) is 25.5. The predicted octanol–water partition coefficient (Wildman–Crippen LogP) is 4.52. The summed E-state index contributed by atoms with van der Waals surface area (Å²) in [7, 11) is 0. The van der Waals surface area contributed by atoms with E-state index < -0.39 is 23.9 Å². The van der Waals surface area contributed by atoms with Gasteiger partial charge in [0.1, 0.15) is 12.1 Å². The zero-order chi connectivity index (χ0) is 31.9. The molecule has 2 heterocycles. The van der Waals surface area contributed by atoms with Crippen LogP contribution in [0.25, 0.3) is 0 Å². The van der Waals surface area contributed by atoms with Crippen LogP contribution in [0.2, 0.25) is 5.02 Å². The van der Waals surface area contributed by atoms with Gasteiger partial charge in [-0.3, -0.25) is 19.2 Å². The van der Waals surface area contributed by atoms with Gasteiger partial charge in [-0.15, -0.1) is 0 Å². The number of rotatable bonds is 10. The van der Waals surface area contributed by atoms with E-state index in [0.29, 0.717) is 23.7 Å². The minimum atomic E-state index is -0.903. The lowest BCUT2D eigenvalue weighted by molar-refractivity contribution is -0.144. The third-order valence-electron chi connectivity index (χ3n) is 8.70. The Morgan fingerprint density at radius 1 is 0.933 bits per heavy atom. The minimum absolute atomic E-state index is 0.00851. The summed E-state index contributed by atoms with van der Waals surface area (Å²) < 4.78 is 0. The summed E-state index contributed by atoms with van der Waals surface area (Å²) in [5.74, 6) is -1.18. The fraction of sp³-hybridized carbons (Fsp3) is 0.371. The van der Waals surface area contributed by atoms with Crippen molar-refractivity contribution in [2.75, 3.05) is 18.4 Å². The Labute approximate surface area is 269 Å². The fourth-order valence-corrected chi connectivity index (χ4v) is 6.38. The number of carbonyl (C=O) groups excluding carboxylic acids is 4. The van der Waals surface area contributed by atoms with Crippen LogP contribution in [-0.2, 0) is 32.1 Å². The molecule has 4 N–H and O–H groups in total. The highest BCUT2D eigenvalue weighted by atomic mass is 35.5. The maximum Gasteiger partial charge on any atom is 0.246 e. The molecule has 0 unspecified atom stereocenters. The van der Waals surface area contributed by atoms with Gasteiger partial charge in [0.25, 0.3) is 0 Å². The number of hydrogen-bond donors (Lipinski definition) is 3. The summed E-state index contributed by atoms with van der Waals surface area (Å²) in [6.45, 7) is 2.92. The molecule has 45 heavy (non-hydrogen) atoms. The van der Waals surface area contributed by atoms with E-state index in [9.17, 15) is 19.2 Å². The van der Waals surface area contributed by atoms with Crippen molar-refractivity contribution >= 4 is 40.9 Å². The predicted molar refractivity (Wildman–Crippen MR) is 174 cm³/mol.